The zero-order valence-corrected chi connectivity index (χ0v) is 20.9. The number of carbonyl (C=O) groups excluding carboxylic acids is 1. The number of rotatable bonds is 8. The molecule has 0 radical (unpaired) electrons. The van der Waals surface area contributed by atoms with Crippen LogP contribution in [-0.2, 0) is 32.5 Å². The van der Waals surface area contributed by atoms with Crippen molar-refractivity contribution in [2.75, 3.05) is 13.2 Å². The molecule has 8 heteroatoms. The number of nitrogens with one attached hydrogen (secondary N) is 1. The molecule has 2 aromatic carbocycles. The minimum absolute atomic E-state index is 0.256. The van der Waals surface area contributed by atoms with Gasteiger partial charge in [-0.05, 0) is 54.3 Å². The molecule has 0 bridgehead atoms. The number of nitrogens with zero attached hydrogens (tertiary/aromatic N) is 4. The molecule has 0 unspecified atom stereocenters. The number of halogens is 1. The zero-order valence-electron chi connectivity index (χ0n) is 20.9. The molecule has 0 fully saturated rings. The Kier molecular flexibility index (Phi) is 6.57. The summed E-state index contributed by atoms with van der Waals surface area (Å²) in [6.45, 7) is 2.54. The molecule has 0 amide bonds. The fourth-order valence-corrected chi connectivity index (χ4v) is 5.31. The van der Waals surface area contributed by atoms with Crippen molar-refractivity contribution in [2.24, 2.45) is 0 Å². The van der Waals surface area contributed by atoms with Gasteiger partial charge in [0.25, 0.3) is 0 Å². The van der Waals surface area contributed by atoms with Gasteiger partial charge in [0.15, 0.2) is 11.6 Å². The molecule has 7 nitrogen and oxygen atoms in total. The Balaban J connectivity index is 1.30. The van der Waals surface area contributed by atoms with E-state index >= 15 is 0 Å². The number of aliphatic hydroxyl groups excluding tert-OH is 1. The van der Waals surface area contributed by atoms with E-state index in [4.69, 9.17) is 4.98 Å². The number of aromatic nitrogens is 4. The molecule has 38 heavy (non-hydrogen) atoms. The second-order valence-electron chi connectivity index (χ2n) is 9.70. The molecule has 192 valence electrons. The molecule has 3 aromatic heterocycles. The van der Waals surface area contributed by atoms with Crippen molar-refractivity contribution in [1.29, 1.82) is 0 Å². The topological polar surface area (TPSA) is 87.0 Å². The monoisotopic (exact) mass is 509 g/mol. The van der Waals surface area contributed by atoms with Gasteiger partial charge in [-0.2, -0.15) is 0 Å². The molecular formula is C30H28FN5O2. The van der Waals surface area contributed by atoms with Crippen LogP contribution in [0.3, 0.4) is 0 Å². The van der Waals surface area contributed by atoms with Gasteiger partial charge >= 0.3 is 0 Å². The predicted octanol–water partition coefficient (Wildman–Crippen LogP) is 4.54. The first-order valence-electron chi connectivity index (χ1n) is 12.8. The lowest BCUT2D eigenvalue weighted by molar-refractivity contribution is 0.0903. The number of pyridine rings is 1. The van der Waals surface area contributed by atoms with E-state index in [9.17, 15) is 14.3 Å². The van der Waals surface area contributed by atoms with Gasteiger partial charge in [-0.25, -0.2) is 9.37 Å². The van der Waals surface area contributed by atoms with Crippen LogP contribution in [0.1, 0.15) is 32.9 Å². The van der Waals surface area contributed by atoms with E-state index in [-0.39, 0.29) is 11.6 Å². The minimum Gasteiger partial charge on any atom is -0.388 e. The van der Waals surface area contributed by atoms with E-state index in [0.717, 1.165) is 30.8 Å². The number of hydrogen-bond acceptors (Lipinski definition) is 5. The van der Waals surface area contributed by atoms with E-state index in [1.807, 2.05) is 6.20 Å². The van der Waals surface area contributed by atoms with Crippen LogP contribution in [0.15, 0.2) is 73.1 Å². The Hall–Kier alpha value is -4.14. The molecule has 1 aliphatic heterocycles. The summed E-state index contributed by atoms with van der Waals surface area (Å²) in [5, 5.41) is 10.6. The van der Waals surface area contributed by atoms with Crippen LogP contribution in [0.5, 0.6) is 0 Å². The van der Waals surface area contributed by atoms with E-state index in [2.05, 4.69) is 43.7 Å². The van der Waals surface area contributed by atoms with Crippen molar-refractivity contribution in [1.82, 2.24) is 24.4 Å². The molecule has 0 aliphatic carbocycles. The second kappa shape index (κ2) is 10.3. The summed E-state index contributed by atoms with van der Waals surface area (Å²) in [4.78, 5) is 27.3. The van der Waals surface area contributed by atoms with Gasteiger partial charge in [-0.15, -0.1) is 0 Å². The predicted molar refractivity (Wildman–Crippen MR) is 143 cm³/mol. The largest absolute Gasteiger partial charge is 0.388 e. The van der Waals surface area contributed by atoms with E-state index in [1.165, 1.54) is 34.3 Å². The number of para-hydroxylation sites is 1. The highest BCUT2D eigenvalue weighted by molar-refractivity contribution is 5.97. The Labute approximate surface area is 219 Å². The SMILES string of the molecule is O=C(CO)c1ccnc(-c2ncc(CN3CCc4c([nH]c5ccccc45)C3)n2CCc2ccc(F)cc2)c1. The van der Waals surface area contributed by atoms with Crippen molar-refractivity contribution in [2.45, 2.75) is 32.5 Å². The van der Waals surface area contributed by atoms with Crippen molar-refractivity contribution in [3.05, 3.63) is 107 Å². The van der Waals surface area contributed by atoms with Crippen molar-refractivity contribution < 1.29 is 14.3 Å². The quantitative estimate of drug-likeness (QED) is 0.300. The lowest BCUT2D eigenvalue weighted by atomic mass is 10.0. The van der Waals surface area contributed by atoms with Gasteiger partial charge in [-0.3, -0.25) is 14.7 Å². The first-order chi connectivity index (χ1) is 18.6. The number of Topliss-reactive ketones (excluding diaryl/α,β-unsaturated/α-hetero) is 1. The summed E-state index contributed by atoms with van der Waals surface area (Å²) in [6.07, 6.45) is 5.11. The average molecular weight is 510 g/mol. The normalized spacial score (nSPS) is 13.6. The highest BCUT2D eigenvalue weighted by Gasteiger charge is 2.23. The number of H-pyrrole nitrogens is 1. The third kappa shape index (κ3) is 4.76. The number of aryl methyl sites for hydroxylation is 1. The average Bonchev–Trinajstić information content (AvgIpc) is 3.53. The maximum absolute atomic E-state index is 13.4. The summed E-state index contributed by atoms with van der Waals surface area (Å²) in [6, 6.07) is 18.3. The minimum atomic E-state index is -0.557. The number of aliphatic hydroxyl groups is 1. The Morgan fingerprint density at radius 3 is 2.76 bits per heavy atom. The van der Waals surface area contributed by atoms with E-state index in [1.54, 1.807) is 30.5 Å². The standard InChI is InChI=1S/C30H28FN5O2/c31-22-7-5-20(6-8-22)10-14-36-23(16-33-30(36)27-15-21(9-12-32-27)29(38)19-37)17-35-13-11-25-24-3-1-2-4-26(24)34-28(25)18-35/h1-9,12,15-16,34,37H,10-11,13-14,17-19H2. The zero-order chi connectivity index (χ0) is 26.1. The number of imidazole rings is 1. The summed E-state index contributed by atoms with van der Waals surface area (Å²) in [5.74, 6) is 0.0486. The van der Waals surface area contributed by atoms with Crippen LogP contribution in [0.4, 0.5) is 4.39 Å². The fraction of sp³-hybridized carbons (Fsp3) is 0.233. The first kappa shape index (κ1) is 24.2. The number of carbonyl (C=O) groups is 1. The summed E-state index contributed by atoms with van der Waals surface area (Å²) >= 11 is 0. The van der Waals surface area contributed by atoms with Crippen molar-refractivity contribution in [3.63, 3.8) is 0 Å². The van der Waals surface area contributed by atoms with Gasteiger partial charge in [-0.1, -0.05) is 30.3 Å². The molecule has 4 heterocycles. The Morgan fingerprint density at radius 2 is 1.92 bits per heavy atom. The number of ketones is 1. The van der Waals surface area contributed by atoms with Gasteiger partial charge in [0, 0.05) is 54.5 Å². The molecule has 1 aliphatic rings. The fourth-order valence-electron chi connectivity index (χ4n) is 5.31. The number of aromatic amines is 1. The van der Waals surface area contributed by atoms with Crippen molar-refractivity contribution >= 4 is 16.7 Å². The first-order valence-corrected chi connectivity index (χ1v) is 12.8. The number of benzene rings is 2. The van der Waals surface area contributed by atoms with Crippen molar-refractivity contribution in [3.8, 4) is 11.5 Å². The van der Waals surface area contributed by atoms with Crippen LogP contribution in [0, 0.1) is 5.82 Å². The summed E-state index contributed by atoms with van der Waals surface area (Å²) in [5.41, 5.74) is 6.87. The van der Waals surface area contributed by atoms with Crippen LogP contribution < -0.4 is 0 Å². The summed E-state index contributed by atoms with van der Waals surface area (Å²) in [7, 11) is 0. The highest BCUT2D eigenvalue weighted by Crippen LogP contribution is 2.29. The maximum Gasteiger partial charge on any atom is 0.188 e. The smallest absolute Gasteiger partial charge is 0.188 e. The molecule has 2 N–H and O–H groups in total. The maximum atomic E-state index is 13.4. The van der Waals surface area contributed by atoms with Gasteiger partial charge in [0.05, 0.1) is 11.9 Å². The molecule has 0 spiro atoms. The van der Waals surface area contributed by atoms with Crippen LogP contribution in [-0.4, -0.2) is 48.5 Å². The lowest BCUT2D eigenvalue weighted by Crippen LogP contribution is -2.30. The number of fused-ring (bicyclic) bond motifs is 3. The van der Waals surface area contributed by atoms with Crippen LogP contribution >= 0.6 is 0 Å². The van der Waals surface area contributed by atoms with Crippen LogP contribution in [0.25, 0.3) is 22.4 Å². The molecule has 6 rings (SSSR count). The third-order valence-corrected chi connectivity index (χ3v) is 7.28. The Morgan fingerprint density at radius 1 is 1.08 bits per heavy atom. The van der Waals surface area contributed by atoms with E-state index < -0.39 is 6.61 Å². The highest BCUT2D eigenvalue weighted by atomic mass is 19.1. The van der Waals surface area contributed by atoms with Gasteiger partial charge < -0.3 is 14.7 Å². The Bertz CT molecular complexity index is 1610. The van der Waals surface area contributed by atoms with Crippen LogP contribution in [0.2, 0.25) is 0 Å². The summed E-state index contributed by atoms with van der Waals surface area (Å²) < 4.78 is 15.6. The lowest BCUT2D eigenvalue weighted by Gasteiger charge is -2.27. The molecule has 0 saturated heterocycles. The molecule has 0 atom stereocenters. The molecule has 5 aromatic rings. The third-order valence-electron chi connectivity index (χ3n) is 7.28. The molecular weight excluding hydrogens is 481 g/mol. The van der Waals surface area contributed by atoms with Gasteiger partial charge in [0.1, 0.15) is 18.1 Å². The second-order valence-corrected chi connectivity index (χ2v) is 9.70. The van der Waals surface area contributed by atoms with E-state index in [0.29, 0.717) is 36.6 Å². The number of hydrogen-bond donors (Lipinski definition) is 2. The molecule has 0 saturated carbocycles. The van der Waals surface area contributed by atoms with Gasteiger partial charge in [0.2, 0.25) is 0 Å².